The molecule has 3 rings (SSSR count). The number of phenolic OH excluding ortho intramolecular Hbond substituents is 1. The predicted octanol–water partition coefficient (Wildman–Crippen LogP) is 3.93. The van der Waals surface area contributed by atoms with Crippen LogP contribution in [-0.2, 0) is 13.0 Å². The zero-order valence-corrected chi connectivity index (χ0v) is 16.9. The Balaban J connectivity index is 1.42. The van der Waals surface area contributed by atoms with Crippen LogP contribution >= 0.6 is 0 Å². The second kappa shape index (κ2) is 9.89. The molecular formula is C23H31FN2O2. The summed E-state index contributed by atoms with van der Waals surface area (Å²) in [4.78, 5) is 4.71. The molecule has 0 aliphatic carbocycles. The lowest BCUT2D eigenvalue weighted by Gasteiger charge is -2.34. The lowest BCUT2D eigenvalue weighted by atomic mass is 9.95. The molecule has 2 aromatic carbocycles. The average molecular weight is 387 g/mol. The number of hydrogen-bond donors (Lipinski definition) is 1. The van der Waals surface area contributed by atoms with Crippen LogP contribution < -0.4 is 4.74 Å². The van der Waals surface area contributed by atoms with Crippen molar-refractivity contribution < 1.29 is 14.2 Å². The van der Waals surface area contributed by atoms with Gasteiger partial charge in [-0.3, -0.25) is 0 Å². The van der Waals surface area contributed by atoms with Crippen molar-refractivity contribution >= 4 is 0 Å². The molecule has 0 aromatic heterocycles. The summed E-state index contributed by atoms with van der Waals surface area (Å²) in [5.41, 5.74) is 1.70. The van der Waals surface area contributed by atoms with E-state index in [2.05, 4.69) is 16.8 Å². The van der Waals surface area contributed by atoms with Crippen LogP contribution in [-0.4, -0.2) is 55.2 Å². The summed E-state index contributed by atoms with van der Waals surface area (Å²) in [6.45, 7) is 4.77. The maximum absolute atomic E-state index is 13.8. The van der Waals surface area contributed by atoms with Crippen molar-refractivity contribution in [2.24, 2.45) is 5.92 Å². The summed E-state index contributed by atoms with van der Waals surface area (Å²) in [6, 6.07) is 12.4. The van der Waals surface area contributed by atoms with E-state index in [0.29, 0.717) is 18.2 Å². The number of piperidine rings is 1. The number of methoxy groups -OCH3 is 1. The van der Waals surface area contributed by atoms with Crippen molar-refractivity contribution in [3.63, 3.8) is 0 Å². The molecule has 1 heterocycles. The first kappa shape index (κ1) is 20.6. The second-order valence-electron chi connectivity index (χ2n) is 7.82. The highest BCUT2D eigenvalue weighted by molar-refractivity contribution is 5.39. The normalized spacial score (nSPS) is 15.9. The summed E-state index contributed by atoms with van der Waals surface area (Å²) < 4.78 is 19.0. The third-order valence-electron chi connectivity index (χ3n) is 5.66. The monoisotopic (exact) mass is 386 g/mol. The van der Waals surface area contributed by atoms with Crippen molar-refractivity contribution in [3.8, 4) is 11.5 Å². The van der Waals surface area contributed by atoms with E-state index in [1.54, 1.807) is 25.3 Å². The number of rotatable bonds is 8. The quantitative estimate of drug-likeness (QED) is 0.746. The van der Waals surface area contributed by atoms with Crippen LogP contribution in [0.15, 0.2) is 42.5 Å². The van der Waals surface area contributed by atoms with Gasteiger partial charge in [0, 0.05) is 25.2 Å². The Labute approximate surface area is 167 Å². The van der Waals surface area contributed by atoms with E-state index in [1.165, 1.54) is 6.07 Å². The van der Waals surface area contributed by atoms with Gasteiger partial charge in [-0.2, -0.15) is 0 Å². The fourth-order valence-electron chi connectivity index (χ4n) is 3.98. The first-order valence-electron chi connectivity index (χ1n) is 10.1. The molecule has 2 aromatic rings. The summed E-state index contributed by atoms with van der Waals surface area (Å²) in [6.07, 6.45) is 3.09. The van der Waals surface area contributed by atoms with Gasteiger partial charge >= 0.3 is 0 Å². The van der Waals surface area contributed by atoms with Gasteiger partial charge in [-0.1, -0.05) is 18.2 Å². The molecule has 4 nitrogen and oxygen atoms in total. The SMILES string of the molecule is COc1ccc(O)c(CN(C)CC2CCN(CCc3ccccc3F)CC2)c1. The van der Waals surface area contributed by atoms with Crippen LogP contribution in [0.1, 0.15) is 24.0 Å². The van der Waals surface area contributed by atoms with Gasteiger partial charge in [0.1, 0.15) is 17.3 Å². The van der Waals surface area contributed by atoms with E-state index in [-0.39, 0.29) is 5.82 Å². The van der Waals surface area contributed by atoms with Crippen LogP contribution in [0.3, 0.4) is 0 Å². The van der Waals surface area contributed by atoms with Crippen molar-refractivity contribution in [2.75, 3.05) is 40.3 Å². The largest absolute Gasteiger partial charge is 0.508 e. The maximum Gasteiger partial charge on any atom is 0.126 e. The van der Waals surface area contributed by atoms with Crippen molar-refractivity contribution in [3.05, 3.63) is 59.4 Å². The first-order valence-corrected chi connectivity index (χ1v) is 10.1. The molecule has 1 saturated heterocycles. The standard InChI is InChI=1S/C23H31FN2O2/c1-25(17-20-15-21(28-2)7-8-23(20)27)16-18-9-12-26(13-10-18)14-11-19-5-3-4-6-22(19)24/h3-8,15,18,27H,9-14,16-17H2,1-2H3. The van der Waals surface area contributed by atoms with Crippen LogP contribution in [0.4, 0.5) is 4.39 Å². The number of benzene rings is 2. The molecule has 152 valence electrons. The first-order chi connectivity index (χ1) is 13.5. The molecule has 0 unspecified atom stereocenters. The van der Waals surface area contributed by atoms with Crippen LogP contribution in [0.2, 0.25) is 0 Å². The third-order valence-corrected chi connectivity index (χ3v) is 5.66. The summed E-state index contributed by atoms with van der Waals surface area (Å²) in [5.74, 6) is 1.64. The number of aromatic hydroxyl groups is 1. The molecule has 0 amide bonds. The molecule has 5 heteroatoms. The van der Waals surface area contributed by atoms with E-state index >= 15 is 0 Å². The van der Waals surface area contributed by atoms with Crippen molar-refractivity contribution in [2.45, 2.75) is 25.8 Å². The molecule has 28 heavy (non-hydrogen) atoms. The van der Waals surface area contributed by atoms with Crippen LogP contribution in [0, 0.1) is 11.7 Å². The minimum Gasteiger partial charge on any atom is -0.508 e. The molecule has 1 aliphatic rings. The summed E-state index contributed by atoms with van der Waals surface area (Å²) in [7, 11) is 3.74. The summed E-state index contributed by atoms with van der Waals surface area (Å²) >= 11 is 0. The van der Waals surface area contributed by atoms with E-state index in [9.17, 15) is 9.50 Å². The smallest absolute Gasteiger partial charge is 0.126 e. The number of hydrogen-bond acceptors (Lipinski definition) is 4. The molecule has 0 bridgehead atoms. The molecule has 0 atom stereocenters. The molecule has 0 saturated carbocycles. The summed E-state index contributed by atoms with van der Waals surface area (Å²) in [5, 5.41) is 10.1. The number of ether oxygens (including phenoxy) is 1. The molecule has 1 aliphatic heterocycles. The van der Waals surface area contributed by atoms with Gasteiger partial charge in [0.25, 0.3) is 0 Å². The predicted molar refractivity (Wildman–Crippen MR) is 110 cm³/mol. The lowest BCUT2D eigenvalue weighted by Crippen LogP contribution is -2.38. The van der Waals surface area contributed by atoms with Crippen molar-refractivity contribution in [1.82, 2.24) is 9.80 Å². The Hall–Kier alpha value is -2.11. The Morgan fingerprint density at radius 2 is 1.89 bits per heavy atom. The zero-order chi connectivity index (χ0) is 19.9. The molecule has 0 radical (unpaired) electrons. The zero-order valence-electron chi connectivity index (χ0n) is 16.9. The Bertz CT molecular complexity index is 760. The number of likely N-dealkylation sites (tertiary alicyclic amines) is 1. The average Bonchev–Trinajstić information content (AvgIpc) is 2.70. The van der Waals surface area contributed by atoms with E-state index in [1.807, 2.05) is 18.2 Å². The number of halogens is 1. The third kappa shape index (κ3) is 5.69. The van der Waals surface area contributed by atoms with Gasteiger partial charge in [0.2, 0.25) is 0 Å². The van der Waals surface area contributed by atoms with Gasteiger partial charge in [-0.25, -0.2) is 4.39 Å². The lowest BCUT2D eigenvalue weighted by molar-refractivity contribution is 0.152. The topological polar surface area (TPSA) is 35.9 Å². The van der Waals surface area contributed by atoms with Crippen LogP contribution in [0.25, 0.3) is 0 Å². The van der Waals surface area contributed by atoms with E-state index < -0.39 is 0 Å². The van der Waals surface area contributed by atoms with Crippen LogP contribution in [0.5, 0.6) is 11.5 Å². The van der Waals surface area contributed by atoms with E-state index in [4.69, 9.17) is 4.74 Å². The van der Waals surface area contributed by atoms with Crippen molar-refractivity contribution in [1.29, 1.82) is 0 Å². The van der Waals surface area contributed by atoms with Gasteiger partial charge in [0.05, 0.1) is 7.11 Å². The number of nitrogens with zero attached hydrogens (tertiary/aromatic N) is 2. The maximum atomic E-state index is 13.8. The minimum absolute atomic E-state index is 0.0974. The molecule has 1 fully saturated rings. The minimum atomic E-state index is -0.0974. The molecule has 1 N–H and O–H groups in total. The molecule has 0 spiro atoms. The fraction of sp³-hybridized carbons (Fsp3) is 0.478. The Morgan fingerprint density at radius 1 is 1.14 bits per heavy atom. The highest BCUT2D eigenvalue weighted by Gasteiger charge is 2.21. The van der Waals surface area contributed by atoms with Gasteiger partial charge < -0.3 is 19.6 Å². The molecular weight excluding hydrogens is 355 g/mol. The Kier molecular flexibility index (Phi) is 7.29. The second-order valence-corrected chi connectivity index (χ2v) is 7.82. The van der Waals surface area contributed by atoms with E-state index in [0.717, 1.165) is 62.3 Å². The highest BCUT2D eigenvalue weighted by atomic mass is 19.1. The van der Waals surface area contributed by atoms with Gasteiger partial charge in [-0.05, 0) is 75.1 Å². The van der Waals surface area contributed by atoms with Gasteiger partial charge in [-0.15, -0.1) is 0 Å². The Morgan fingerprint density at radius 3 is 2.61 bits per heavy atom. The fourth-order valence-corrected chi connectivity index (χ4v) is 3.98. The van der Waals surface area contributed by atoms with Gasteiger partial charge in [0.15, 0.2) is 0 Å². The number of phenols is 1. The highest BCUT2D eigenvalue weighted by Crippen LogP contribution is 2.25.